The molecule has 3 aromatic heterocycles. The molecular formula is C56H32N6O2. The molecule has 8 heteroatoms. The van der Waals surface area contributed by atoms with Gasteiger partial charge in [-0.3, -0.25) is 19.6 Å². The minimum absolute atomic E-state index is 0.259. The first-order chi connectivity index (χ1) is 31.6. The van der Waals surface area contributed by atoms with Crippen molar-refractivity contribution in [1.29, 1.82) is 5.26 Å². The quantitative estimate of drug-likeness (QED) is 0.118. The highest BCUT2D eigenvalue weighted by atomic mass is 16.2. The Balaban J connectivity index is 1.20. The molecule has 0 radical (unpaired) electrons. The number of hydrogen-bond acceptors (Lipinski definition) is 5. The second-order valence-electron chi connectivity index (χ2n) is 15.4. The van der Waals surface area contributed by atoms with Gasteiger partial charge < -0.3 is 4.57 Å². The monoisotopic (exact) mass is 820 g/mol. The Morgan fingerprint density at radius 2 is 1.03 bits per heavy atom. The van der Waals surface area contributed by atoms with E-state index in [-0.39, 0.29) is 11.1 Å². The predicted octanol–water partition coefficient (Wildman–Crippen LogP) is 13.1. The molecule has 298 valence electrons. The predicted molar refractivity (Wildman–Crippen MR) is 252 cm³/mol. The molecule has 1 aliphatic heterocycles. The Morgan fingerprint density at radius 1 is 0.500 bits per heavy atom. The molecule has 4 heterocycles. The number of rotatable bonds is 7. The maximum atomic E-state index is 15.7. The van der Waals surface area contributed by atoms with Crippen molar-refractivity contribution in [3.8, 4) is 67.4 Å². The molecule has 0 unspecified atom stereocenters. The fraction of sp³-hybridized carbons (Fsp3) is 0. The molecular weight excluding hydrogens is 789 g/mol. The lowest BCUT2D eigenvalue weighted by atomic mass is 9.90. The van der Waals surface area contributed by atoms with Crippen molar-refractivity contribution < 1.29 is 9.59 Å². The van der Waals surface area contributed by atoms with Gasteiger partial charge in [0.15, 0.2) is 5.69 Å². The lowest BCUT2D eigenvalue weighted by Gasteiger charge is -2.24. The number of nitriles is 1. The largest absolute Gasteiger partial charge is 0.308 e. The summed E-state index contributed by atoms with van der Waals surface area (Å²) >= 11 is 0. The number of amides is 2. The van der Waals surface area contributed by atoms with Crippen LogP contribution in [0, 0.1) is 17.9 Å². The van der Waals surface area contributed by atoms with Crippen molar-refractivity contribution in [2.24, 2.45) is 0 Å². The normalized spacial score (nSPS) is 12.1. The number of carbonyl (C=O) groups is 2. The molecule has 0 saturated carbocycles. The zero-order valence-electron chi connectivity index (χ0n) is 34.0. The van der Waals surface area contributed by atoms with Gasteiger partial charge in [0.2, 0.25) is 0 Å². The van der Waals surface area contributed by atoms with Gasteiger partial charge in [-0.1, -0.05) is 121 Å². The minimum Gasteiger partial charge on any atom is -0.308 e. The molecule has 0 saturated heterocycles. The zero-order valence-corrected chi connectivity index (χ0v) is 34.0. The molecule has 0 bridgehead atoms. The Labute approximate surface area is 368 Å². The number of fused-ring (bicyclic) bond motifs is 4. The summed E-state index contributed by atoms with van der Waals surface area (Å²) in [5.74, 6) is -0.891. The van der Waals surface area contributed by atoms with Crippen LogP contribution in [-0.2, 0) is 0 Å². The van der Waals surface area contributed by atoms with Crippen molar-refractivity contribution >= 4 is 45.0 Å². The summed E-state index contributed by atoms with van der Waals surface area (Å²) in [5, 5.41) is 11.9. The van der Waals surface area contributed by atoms with Gasteiger partial charge in [-0.25, -0.2) is 9.74 Å². The number of benzene rings is 7. The van der Waals surface area contributed by atoms with Gasteiger partial charge in [0.05, 0.1) is 51.7 Å². The SMILES string of the molecule is [C-]#[N+]c1ccncc1-c1cccc2c1c1c(-c3cnccc3C#N)cccc1n2-c1cccc2c1C(=O)N(c1c(-c3ccccc3)cc(-c3ccccc3)cc1-c1ccccc1)C2=O. The molecule has 0 N–H and O–H groups in total. The smallest absolute Gasteiger partial charge is 0.268 e. The van der Waals surface area contributed by atoms with Crippen molar-refractivity contribution in [3.05, 3.63) is 223 Å². The fourth-order valence-corrected chi connectivity index (χ4v) is 9.22. The third kappa shape index (κ3) is 5.90. The van der Waals surface area contributed by atoms with Gasteiger partial charge in [-0.05, 0) is 81.9 Å². The van der Waals surface area contributed by atoms with E-state index in [2.05, 4.69) is 45.1 Å². The number of anilines is 1. The minimum atomic E-state index is -0.457. The summed E-state index contributed by atoms with van der Waals surface area (Å²) < 4.78 is 2.02. The van der Waals surface area contributed by atoms with Crippen LogP contribution in [0.3, 0.4) is 0 Å². The first-order valence-corrected chi connectivity index (χ1v) is 20.6. The highest BCUT2D eigenvalue weighted by molar-refractivity contribution is 6.37. The lowest BCUT2D eigenvalue weighted by Crippen LogP contribution is -2.30. The number of imide groups is 1. The van der Waals surface area contributed by atoms with Crippen LogP contribution in [0.4, 0.5) is 11.4 Å². The number of carbonyl (C=O) groups excluding carboxylic acids is 2. The van der Waals surface area contributed by atoms with Crippen LogP contribution in [-0.4, -0.2) is 26.3 Å². The van der Waals surface area contributed by atoms with E-state index >= 15 is 9.59 Å². The molecule has 11 rings (SSSR count). The van der Waals surface area contributed by atoms with Crippen LogP contribution in [0.2, 0.25) is 0 Å². The van der Waals surface area contributed by atoms with E-state index in [4.69, 9.17) is 6.57 Å². The van der Waals surface area contributed by atoms with Crippen LogP contribution in [0.1, 0.15) is 26.3 Å². The van der Waals surface area contributed by atoms with Gasteiger partial charge in [-0.2, -0.15) is 5.26 Å². The number of aromatic nitrogens is 3. The van der Waals surface area contributed by atoms with Crippen molar-refractivity contribution in [2.75, 3.05) is 4.90 Å². The Morgan fingerprint density at radius 3 is 1.62 bits per heavy atom. The Bertz CT molecular complexity index is 3450. The average Bonchev–Trinajstić information content (AvgIpc) is 3.84. The van der Waals surface area contributed by atoms with E-state index in [1.807, 2.05) is 132 Å². The van der Waals surface area contributed by atoms with Gasteiger partial charge in [0, 0.05) is 57.8 Å². The number of pyridine rings is 2. The maximum Gasteiger partial charge on any atom is 0.268 e. The van der Waals surface area contributed by atoms with Gasteiger partial charge >= 0.3 is 0 Å². The Kier molecular flexibility index (Phi) is 9.05. The highest BCUT2D eigenvalue weighted by Gasteiger charge is 2.42. The zero-order chi connectivity index (χ0) is 43.3. The van der Waals surface area contributed by atoms with Crippen molar-refractivity contribution in [1.82, 2.24) is 14.5 Å². The van der Waals surface area contributed by atoms with E-state index in [0.29, 0.717) is 33.8 Å². The molecule has 1 aliphatic rings. The standard InChI is InChI=1S/C56H32N6O2/c1-58-47-27-29-60-34-46(47)41-21-12-24-49-52(41)51-40(45-33-59-28-26-38(45)32-57)20-11-23-48(51)61(49)50-25-13-22-42-53(50)56(64)62(55(42)63)54-43(36-16-7-3-8-17-36)30-39(35-14-5-2-6-15-35)31-44(54)37-18-9-4-10-19-37/h2-31,33-34H. The van der Waals surface area contributed by atoms with Crippen molar-refractivity contribution in [3.63, 3.8) is 0 Å². The average molecular weight is 821 g/mol. The molecule has 0 aliphatic carbocycles. The molecule has 8 nitrogen and oxygen atoms in total. The third-order valence-electron chi connectivity index (χ3n) is 12.0. The molecule has 0 spiro atoms. The highest BCUT2D eigenvalue weighted by Crippen LogP contribution is 2.49. The van der Waals surface area contributed by atoms with E-state index in [1.54, 1.807) is 43.0 Å². The Hall–Kier alpha value is -9.24. The lowest BCUT2D eigenvalue weighted by molar-refractivity contribution is 0.0926. The van der Waals surface area contributed by atoms with Gasteiger partial charge in [-0.15, -0.1) is 0 Å². The van der Waals surface area contributed by atoms with Crippen LogP contribution >= 0.6 is 0 Å². The molecule has 0 fully saturated rings. The fourth-order valence-electron chi connectivity index (χ4n) is 9.22. The van der Waals surface area contributed by atoms with E-state index < -0.39 is 11.8 Å². The maximum absolute atomic E-state index is 15.7. The van der Waals surface area contributed by atoms with Gasteiger partial charge in [0.1, 0.15) is 0 Å². The first kappa shape index (κ1) is 37.7. The topological polar surface area (TPSA) is 96.2 Å². The van der Waals surface area contributed by atoms with E-state index in [1.165, 1.54) is 4.90 Å². The van der Waals surface area contributed by atoms with Gasteiger partial charge in [0.25, 0.3) is 11.8 Å². The first-order valence-electron chi connectivity index (χ1n) is 20.6. The van der Waals surface area contributed by atoms with Crippen LogP contribution in [0.25, 0.3) is 88.0 Å². The van der Waals surface area contributed by atoms with E-state index in [9.17, 15) is 5.26 Å². The third-order valence-corrected chi connectivity index (χ3v) is 12.0. The molecule has 0 atom stereocenters. The molecule has 10 aromatic rings. The second kappa shape index (κ2) is 15.3. The number of nitrogens with zero attached hydrogens (tertiary/aromatic N) is 6. The number of hydrogen-bond donors (Lipinski definition) is 0. The summed E-state index contributed by atoms with van der Waals surface area (Å²) in [5.41, 5.74) is 11.8. The van der Waals surface area contributed by atoms with E-state index in [0.717, 1.165) is 66.3 Å². The molecule has 2 amide bonds. The summed E-state index contributed by atoms with van der Waals surface area (Å²) in [6.45, 7) is 8.06. The summed E-state index contributed by atoms with van der Waals surface area (Å²) in [6, 6.07) is 56.8. The summed E-state index contributed by atoms with van der Waals surface area (Å²) in [7, 11) is 0. The summed E-state index contributed by atoms with van der Waals surface area (Å²) in [6.07, 6.45) is 6.57. The van der Waals surface area contributed by atoms with Crippen molar-refractivity contribution in [2.45, 2.75) is 0 Å². The molecule has 64 heavy (non-hydrogen) atoms. The van der Waals surface area contributed by atoms with Crippen LogP contribution in [0.15, 0.2) is 195 Å². The summed E-state index contributed by atoms with van der Waals surface area (Å²) in [4.78, 5) is 44.9. The van der Waals surface area contributed by atoms with Crippen LogP contribution in [0.5, 0.6) is 0 Å². The second-order valence-corrected chi connectivity index (χ2v) is 15.4. The van der Waals surface area contributed by atoms with Crippen LogP contribution < -0.4 is 4.90 Å². The molecule has 7 aromatic carbocycles.